The second kappa shape index (κ2) is 9.40. The van der Waals surface area contributed by atoms with Crippen LogP contribution in [0.3, 0.4) is 0 Å². The second-order valence-corrected chi connectivity index (χ2v) is 7.54. The highest BCUT2D eigenvalue weighted by Crippen LogP contribution is 2.30. The summed E-state index contributed by atoms with van der Waals surface area (Å²) < 4.78 is 12.7. The first-order valence-electron chi connectivity index (χ1n) is 10.7. The van der Waals surface area contributed by atoms with Crippen molar-refractivity contribution >= 4 is 16.8 Å². The summed E-state index contributed by atoms with van der Waals surface area (Å²) in [4.78, 5) is 18.3. The summed E-state index contributed by atoms with van der Waals surface area (Å²) in [7, 11) is 0. The predicted octanol–water partition coefficient (Wildman–Crippen LogP) is 3.18. The highest BCUT2D eigenvalue weighted by molar-refractivity contribution is 5.92. The molecule has 0 aliphatic carbocycles. The molecule has 30 heavy (non-hydrogen) atoms. The summed E-state index contributed by atoms with van der Waals surface area (Å²) >= 11 is 0. The smallest absolute Gasteiger partial charge is 0.276 e. The quantitative estimate of drug-likeness (QED) is 0.576. The Morgan fingerprint density at radius 2 is 1.93 bits per heavy atom. The van der Waals surface area contributed by atoms with Crippen LogP contribution in [0.25, 0.3) is 10.9 Å². The molecule has 1 saturated heterocycles. The molecule has 1 fully saturated rings. The van der Waals surface area contributed by atoms with Crippen molar-refractivity contribution in [2.45, 2.75) is 45.4 Å². The van der Waals surface area contributed by atoms with Crippen LogP contribution in [0.1, 0.15) is 48.8 Å². The molecule has 0 saturated carbocycles. The third-order valence-corrected chi connectivity index (χ3v) is 5.57. The van der Waals surface area contributed by atoms with E-state index in [9.17, 15) is 4.79 Å². The van der Waals surface area contributed by atoms with Crippen molar-refractivity contribution in [3.63, 3.8) is 0 Å². The van der Waals surface area contributed by atoms with Crippen LogP contribution in [0.15, 0.2) is 36.5 Å². The number of benzene rings is 1. The molecule has 1 amide bonds. The molecule has 0 atom stereocenters. The average Bonchev–Trinajstić information content (AvgIpc) is 3.41. The molecule has 4 rings (SSSR count). The van der Waals surface area contributed by atoms with Gasteiger partial charge >= 0.3 is 0 Å². The Hall–Kier alpha value is -2.71. The number of likely N-dealkylation sites (tertiary alicyclic amines) is 1. The van der Waals surface area contributed by atoms with E-state index in [1.165, 1.54) is 16.6 Å². The maximum absolute atomic E-state index is 12.9. The normalized spacial score (nSPS) is 15.4. The number of nitrogens with zero attached hydrogens (tertiary/aromatic N) is 4. The first kappa shape index (κ1) is 20.6. The molecule has 0 bridgehead atoms. The van der Waals surface area contributed by atoms with Crippen molar-refractivity contribution in [2.24, 2.45) is 0 Å². The van der Waals surface area contributed by atoms with Gasteiger partial charge in [0.1, 0.15) is 0 Å². The van der Waals surface area contributed by atoms with Crippen LogP contribution >= 0.6 is 0 Å². The van der Waals surface area contributed by atoms with Crippen LogP contribution in [-0.2, 0) is 16.0 Å². The Bertz CT molecular complexity index is 935. The van der Waals surface area contributed by atoms with Gasteiger partial charge in [-0.15, -0.1) is 5.10 Å². The fourth-order valence-corrected chi connectivity index (χ4v) is 4.03. The number of H-pyrrole nitrogens is 1. The van der Waals surface area contributed by atoms with Crippen LogP contribution < -0.4 is 0 Å². The van der Waals surface area contributed by atoms with Gasteiger partial charge < -0.3 is 19.4 Å². The van der Waals surface area contributed by atoms with Gasteiger partial charge in [-0.25, -0.2) is 4.68 Å². The van der Waals surface area contributed by atoms with E-state index >= 15 is 0 Å². The van der Waals surface area contributed by atoms with Gasteiger partial charge in [-0.1, -0.05) is 23.4 Å². The Morgan fingerprint density at radius 3 is 2.63 bits per heavy atom. The number of fused-ring (bicyclic) bond motifs is 1. The van der Waals surface area contributed by atoms with Gasteiger partial charge in [0, 0.05) is 43.4 Å². The highest BCUT2D eigenvalue weighted by atomic mass is 16.7. The van der Waals surface area contributed by atoms with Gasteiger partial charge in [0.2, 0.25) is 0 Å². The largest absolute Gasteiger partial charge is 0.358 e. The van der Waals surface area contributed by atoms with Gasteiger partial charge in [-0.3, -0.25) is 4.79 Å². The minimum atomic E-state index is -0.392. The lowest BCUT2D eigenvalue weighted by Crippen LogP contribution is -2.38. The van der Waals surface area contributed by atoms with Crippen LogP contribution in [-0.4, -0.2) is 63.4 Å². The molecule has 160 valence electrons. The van der Waals surface area contributed by atoms with Crippen molar-refractivity contribution in [3.8, 4) is 0 Å². The molecule has 3 heterocycles. The number of hydrogen-bond acceptors (Lipinski definition) is 5. The standard InChI is InChI=1S/C22H29N5O3/c1-3-29-21(30-4-2)15-27-14-20(24-25-27)22(28)26-11-9-16(10-12-26)19-13-17-7-5-6-8-18(17)23-19/h5-8,13-14,16,21,23H,3-4,9-12,15H2,1-2H3. The van der Waals surface area contributed by atoms with Gasteiger partial charge in [-0.05, 0) is 44.2 Å². The van der Waals surface area contributed by atoms with Crippen molar-refractivity contribution in [2.75, 3.05) is 26.3 Å². The van der Waals surface area contributed by atoms with Crippen LogP contribution in [0.5, 0.6) is 0 Å². The molecule has 2 aromatic heterocycles. The van der Waals surface area contributed by atoms with Crippen molar-refractivity contribution < 1.29 is 14.3 Å². The zero-order valence-electron chi connectivity index (χ0n) is 17.6. The number of carbonyl (C=O) groups is 1. The number of amides is 1. The van der Waals surface area contributed by atoms with E-state index in [-0.39, 0.29) is 5.91 Å². The third kappa shape index (κ3) is 4.55. The number of nitrogens with one attached hydrogen (secondary N) is 1. The second-order valence-electron chi connectivity index (χ2n) is 7.54. The van der Waals surface area contributed by atoms with Crippen molar-refractivity contribution in [3.05, 3.63) is 47.9 Å². The van der Waals surface area contributed by atoms with Crippen molar-refractivity contribution in [1.29, 1.82) is 0 Å². The average molecular weight is 412 g/mol. The molecule has 1 N–H and O–H groups in total. The lowest BCUT2D eigenvalue weighted by atomic mass is 9.93. The Kier molecular flexibility index (Phi) is 6.44. The van der Waals surface area contributed by atoms with Gasteiger partial charge in [0.15, 0.2) is 12.0 Å². The third-order valence-electron chi connectivity index (χ3n) is 5.57. The van der Waals surface area contributed by atoms with E-state index in [1.54, 1.807) is 10.9 Å². The number of para-hydroxylation sites is 1. The monoisotopic (exact) mass is 411 g/mol. The first-order chi connectivity index (χ1) is 14.7. The summed E-state index contributed by atoms with van der Waals surface area (Å²) in [6, 6.07) is 10.6. The topological polar surface area (TPSA) is 85.3 Å². The van der Waals surface area contributed by atoms with Gasteiger partial charge in [-0.2, -0.15) is 0 Å². The molecule has 1 aliphatic heterocycles. The molecular formula is C22H29N5O3. The molecule has 8 nitrogen and oxygen atoms in total. The molecule has 0 radical (unpaired) electrons. The maximum Gasteiger partial charge on any atom is 0.276 e. The van der Waals surface area contributed by atoms with Crippen LogP contribution in [0.4, 0.5) is 0 Å². The summed E-state index contributed by atoms with van der Waals surface area (Å²) in [6.45, 7) is 6.78. The van der Waals surface area contributed by atoms with E-state index in [4.69, 9.17) is 9.47 Å². The number of aromatic nitrogens is 4. The number of hydrogen-bond donors (Lipinski definition) is 1. The highest BCUT2D eigenvalue weighted by Gasteiger charge is 2.27. The fourth-order valence-electron chi connectivity index (χ4n) is 4.03. The molecule has 1 aliphatic rings. The van der Waals surface area contributed by atoms with E-state index in [2.05, 4.69) is 39.6 Å². The number of rotatable bonds is 8. The van der Waals surface area contributed by atoms with Crippen LogP contribution in [0, 0.1) is 0 Å². The van der Waals surface area contributed by atoms with E-state index in [0.29, 0.717) is 44.5 Å². The van der Waals surface area contributed by atoms with Gasteiger partial charge in [0.25, 0.3) is 5.91 Å². The SMILES string of the molecule is CCOC(Cn1cc(C(=O)N2CCC(c3cc4ccccc4[nH]3)CC2)nn1)OCC. The van der Waals surface area contributed by atoms with E-state index in [1.807, 2.05) is 24.8 Å². The minimum absolute atomic E-state index is 0.0688. The lowest BCUT2D eigenvalue weighted by molar-refractivity contribution is -0.145. The first-order valence-corrected chi connectivity index (χ1v) is 10.7. The summed E-state index contributed by atoms with van der Waals surface area (Å²) in [5, 5.41) is 9.39. The van der Waals surface area contributed by atoms with E-state index < -0.39 is 6.29 Å². The molecule has 8 heteroatoms. The minimum Gasteiger partial charge on any atom is -0.358 e. The lowest BCUT2D eigenvalue weighted by Gasteiger charge is -2.31. The number of piperidine rings is 1. The molecule has 0 unspecified atom stereocenters. The fraction of sp³-hybridized carbons (Fsp3) is 0.500. The number of carbonyl (C=O) groups excluding carboxylic acids is 1. The summed E-state index contributed by atoms with van der Waals surface area (Å²) in [5.41, 5.74) is 2.79. The zero-order valence-corrected chi connectivity index (χ0v) is 17.6. The zero-order chi connectivity index (χ0) is 20.9. The molecular weight excluding hydrogens is 382 g/mol. The van der Waals surface area contributed by atoms with E-state index in [0.717, 1.165) is 12.8 Å². The Balaban J connectivity index is 1.34. The van der Waals surface area contributed by atoms with Crippen LogP contribution in [0.2, 0.25) is 0 Å². The molecule has 0 spiro atoms. The summed E-state index contributed by atoms with van der Waals surface area (Å²) in [5.74, 6) is 0.371. The van der Waals surface area contributed by atoms with Crippen molar-refractivity contribution in [1.82, 2.24) is 24.9 Å². The molecule has 1 aromatic carbocycles. The Labute approximate surface area is 176 Å². The molecule has 3 aromatic rings. The maximum atomic E-state index is 12.9. The number of ether oxygens (including phenoxy) is 2. The summed E-state index contributed by atoms with van der Waals surface area (Å²) in [6.07, 6.45) is 3.15. The Morgan fingerprint density at radius 1 is 1.20 bits per heavy atom. The predicted molar refractivity (Wildman–Crippen MR) is 113 cm³/mol. The van der Waals surface area contributed by atoms with Gasteiger partial charge in [0.05, 0.1) is 12.7 Å². The number of aromatic amines is 1.